The van der Waals surface area contributed by atoms with Crippen LogP contribution >= 0.6 is 34.2 Å². The first kappa shape index (κ1) is 10.9. The molecule has 0 radical (unpaired) electrons. The second-order valence-corrected chi connectivity index (χ2v) is 3.67. The molecule has 0 saturated carbocycles. The van der Waals surface area contributed by atoms with Crippen LogP contribution in [0.15, 0.2) is 10.9 Å². The predicted octanol–water partition coefficient (Wildman–Crippen LogP) is 2.66. The predicted molar refractivity (Wildman–Crippen MR) is 54.3 cm³/mol. The van der Waals surface area contributed by atoms with Crippen LogP contribution < -0.4 is 5.56 Å². The lowest BCUT2D eigenvalue weighted by Gasteiger charge is -2.04. The minimum absolute atomic E-state index is 0.0152. The second-order valence-electron chi connectivity index (χ2n) is 2.33. The van der Waals surface area contributed by atoms with Crippen LogP contribution in [0.5, 0.6) is 0 Å². The summed E-state index contributed by atoms with van der Waals surface area (Å²) in [6, 6.07) is 1.21. The highest BCUT2D eigenvalue weighted by molar-refractivity contribution is 14.1. The zero-order valence-electron chi connectivity index (χ0n) is 6.28. The Morgan fingerprint density at radius 2 is 2.23 bits per heavy atom. The first-order valence-electron chi connectivity index (χ1n) is 3.32. The molecule has 0 aliphatic rings. The maximum atomic E-state index is 12.3. The number of aromatic amines is 1. The Bertz CT molecular complexity index is 366. The van der Waals surface area contributed by atoms with Gasteiger partial charge < -0.3 is 4.98 Å². The molecule has 1 aromatic rings. The van der Waals surface area contributed by atoms with Crippen molar-refractivity contribution in [2.45, 2.75) is 12.3 Å². The lowest BCUT2D eigenvalue weighted by molar-refractivity contribution is 0.150. The SMILES string of the molecule is O=c1[nH]c(CCl)cc(C(F)F)c1I. The van der Waals surface area contributed by atoms with E-state index in [-0.39, 0.29) is 15.0 Å². The van der Waals surface area contributed by atoms with Gasteiger partial charge in [-0.05, 0) is 28.7 Å². The van der Waals surface area contributed by atoms with E-state index in [4.69, 9.17) is 11.6 Å². The molecule has 1 rings (SSSR count). The fourth-order valence-corrected chi connectivity index (χ4v) is 1.52. The molecule has 1 heterocycles. The molecular formula is C7H5ClF2INO. The molecule has 0 aliphatic heterocycles. The van der Waals surface area contributed by atoms with Crippen LogP contribution in [0.25, 0.3) is 0 Å². The fraction of sp³-hybridized carbons (Fsp3) is 0.286. The highest BCUT2D eigenvalue weighted by Gasteiger charge is 2.14. The van der Waals surface area contributed by atoms with E-state index < -0.39 is 12.0 Å². The van der Waals surface area contributed by atoms with E-state index in [1.807, 2.05) is 0 Å². The molecular weight excluding hydrogens is 314 g/mol. The first-order valence-corrected chi connectivity index (χ1v) is 4.93. The molecule has 0 spiro atoms. The number of halogens is 4. The Morgan fingerprint density at radius 1 is 1.62 bits per heavy atom. The van der Waals surface area contributed by atoms with Gasteiger partial charge in [0.1, 0.15) is 0 Å². The number of hydrogen-bond acceptors (Lipinski definition) is 1. The monoisotopic (exact) mass is 319 g/mol. The molecule has 1 aromatic heterocycles. The van der Waals surface area contributed by atoms with E-state index in [9.17, 15) is 13.6 Å². The summed E-state index contributed by atoms with van der Waals surface area (Å²) in [6.07, 6.45) is -2.64. The maximum Gasteiger partial charge on any atom is 0.265 e. The average molecular weight is 319 g/mol. The molecule has 0 unspecified atom stereocenters. The van der Waals surface area contributed by atoms with E-state index in [1.54, 1.807) is 22.6 Å². The van der Waals surface area contributed by atoms with Crippen molar-refractivity contribution in [3.05, 3.63) is 31.2 Å². The van der Waals surface area contributed by atoms with Gasteiger partial charge in [0.15, 0.2) is 0 Å². The number of alkyl halides is 3. The third kappa shape index (κ3) is 2.40. The van der Waals surface area contributed by atoms with Gasteiger partial charge in [-0.3, -0.25) is 4.79 Å². The summed E-state index contributed by atoms with van der Waals surface area (Å²) in [4.78, 5) is 13.5. The molecule has 6 heteroatoms. The van der Waals surface area contributed by atoms with E-state index in [2.05, 4.69) is 4.98 Å². The van der Waals surface area contributed by atoms with Gasteiger partial charge in [0.05, 0.1) is 9.45 Å². The van der Waals surface area contributed by atoms with Crippen molar-refractivity contribution in [2.75, 3.05) is 0 Å². The maximum absolute atomic E-state index is 12.3. The van der Waals surface area contributed by atoms with Crippen molar-refractivity contribution in [3.8, 4) is 0 Å². The Kier molecular flexibility index (Phi) is 3.66. The quantitative estimate of drug-likeness (QED) is 0.660. The highest BCUT2D eigenvalue weighted by atomic mass is 127. The largest absolute Gasteiger partial charge is 0.324 e. The van der Waals surface area contributed by atoms with Gasteiger partial charge in [0.2, 0.25) is 0 Å². The zero-order valence-corrected chi connectivity index (χ0v) is 9.20. The number of H-pyrrole nitrogens is 1. The smallest absolute Gasteiger partial charge is 0.265 e. The molecule has 0 saturated heterocycles. The number of aromatic nitrogens is 1. The molecule has 0 aromatic carbocycles. The van der Waals surface area contributed by atoms with Crippen LogP contribution in [0.2, 0.25) is 0 Å². The minimum Gasteiger partial charge on any atom is -0.324 e. The lowest BCUT2D eigenvalue weighted by Crippen LogP contribution is -2.14. The van der Waals surface area contributed by atoms with E-state index in [1.165, 1.54) is 6.07 Å². The summed E-state index contributed by atoms with van der Waals surface area (Å²) in [5, 5.41) is 0. The second kappa shape index (κ2) is 4.36. The number of pyridine rings is 1. The summed E-state index contributed by atoms with van der Waals surface area (Å²) in [7, 11) is 0. The van der Waals surface area contributed by atoms with E-state index in [0.717, 1.165) is 0 Å². The molecule has 0 aliphatic carbocycles. The Balaban J connectivity index is 3.33. The van der Waals surface area contributed by atoms with Gasteiger partial charge in [-0.1, -0.05) is 0 Å². The van der Waals surface area contributed by atoms with E-state index >= 15 is 0 Å². The van der Waals surface area contributed by atoms with Crippen molar-refractivity contribution >= 4 is 34.2 Å². The Labute approximate surface area is 91.4 Å². The van der Waals surface area contributed by atoms with Crippen LogP contribution in [0.1, 0.15) is 17.7 Å². The van der Waals surface area contributed by atoms with Crippen LogP contribution in [-0.2, 0) is 5.88 Å². The third-order valence-corrected chi connectivity index (χ3v) is 2.84. The number of hydrogen-bond donors (Lipinski definition) is 1. The van der Waals surface area contributed by atoms with E-state index in [0.29, 0.717) is 5.69 Å². The standard InChI is InChI=1S/C7H5ClF2INO/c8-2-3-1-4(6(9)10)5(11)7(13)12-3/h1,6H,2H2,(H,12,13). The van der Waals surface area contributed by atoms with Gasteiger partial charge in [-0.2, -0.15) is 0 Å². The van der Waals surface area contributed by atoms with Crippen molar-refractivity contribution in [1.82, 2.24) is 4.98 Å². The molecule has 13 heavy (non-hydrogen) atoms. The topological polar surface area (TPSA) is 32.9 Å². The molecule has 0 fully saturated rings. The Hall–Kier alpha value is -0.170. The van der Waals surface area contributed by atoms with Crippen molar-refractivity contribution in [3.63, 3.8) is 0 Å². The summed E-state index contributed by atoms with van der Waals surface area (Å²) in [5.74, 6) is 0.0197. The van der Waals surface area contributed by atoms with Crippen molar-refractivity contribution in [1.29, 1.82) is 0 Å². The fourth-order valence-electron chi connectivity index (χ4n) is 0.850. The van der Waals surface area contributed by atoms with Gasteiger partial charge in [-0.25, -0.2) is 8.78 Å². The minimum atomic E-state index is -2.64. The van der Waals surface area contributed by atoms with Gasteiger partial charge in [0, 0.05) is 11.3 Å². The van der Waals surface area contributed by atoms with Gasteiger partial charge in [-0.15, -0.1) is 11.6 Å². The normalized spacial score (nSPS) is 10.8. The summed E-state index contributed by atoms with van der Waals surface area (Å²) in [5.41, 5.74) is -0.476. The number of nitrogens with one attached hydrogen (secondary N) is 1. The summed E-state index contributed by atoms with van der Waals surface area (Å²) in [6.45, 7) is 0. The molecule has 0 bridgehead atoms. The summed E-state index contributed by atoms with van der Waals surface area (Å²) >= 11 is 7.00. The highest BCUT2D eigenvalue weighted by Crippen LogP contribution is 2.22. The average Bonchev–Trinajstić information content (AvgIpc) is 2.09. The zero-order chi connectivity index (χ0) is 10.0. The number of rotatable bonds is 2. The molecule has 0 atom stereocenters. The van der Waals surface area contributed by atoms with Crippen LogP contribution in [0, 0.1) is 3.57 Å². The van der Waals surface area contributed by atoms with Crippen molar-refractivity contribution < 1.29 is 8.78 Å². The van der Waals surface area contributed by atoms with Crippen LogP contribution in [0.3, 0.4) is 0 Å². The first-order chi connectivity index (χ1) is 6.06. The third-order valence-electron chi connectivity index (χ3n) is 1.44. The Morgan fingerprint density at radius 3 is 2.69 bits per heavy atom. The molecule has 1 N–H and O–H groups in total. The van der Waals surface area contributed by atoms with Crippen molar-refractivity contribution in [2.24, 2.45) is 0 Å². The van der Waals surface area contributed by atoms with Crippen LogP contribution in [0.4, 0.5) is 8.78 Å². The van der Waals surface area contributed by atoms with Crippen LogP contribution in [-0.4, -0.2) is 4.98 Å². The molecule has 2 nitrogen and oxygen atoms in total. The molecule has 0 amide bonds. The van der Waals surface area contributed by atoms with Gasteiger partial charge in [0.25, 0.3) is 12.0 Å². The summed E-state index contributed by atoms with van der Waals surface area (Å²) < 4.78 is 24.7. The lowest BCUT2D eigenvalue weighted by atomic mass is 10.2. The molecule has 72 valence electrons. The van der Waals surface area contributed by atoms with Gasteiger partial charge >= 0.3 is 0 Å².